The molecule has 1 heterocycles. The number of hydrogen-bond donors (Lipinski definition) is 1. The minimum Gasteiger partial charge on any atom is -0.469 e. The highest BCUT2D eigenvalue weighted by Crippen LogP contribution is 2.29. The minimum atomic E-state index is -0.538. The van der Waals surface area contributed by atoms with E-state index in [4.69, 9.17) is 4.74 Å². The summed E-state index contributed by atoms with van der Waals surface area (Å²) in [5, 5.41) is 13.4. The molecule has 8 heteroatoms. The maximum atomic E-state index is 12.1. The smallest absolute Gasteiger partial charge is 0.310 e. The second-order valence-corrected chi connectivity index (χ2v) is 5.35. The maximum absolute atomic E-state index is 12.1. The van der Waals surface area contributed by atoms with Crippen molar-refractivity contribution >= 4 is 23.3 Å². The number of hydrogen-bond acceptors (Lipinski definition) is 6. The second kappa shape index (κ2) is 7.08. The molecule has 0 aromatic heterocycles. The number of benzene rings is 1. The van der Waals surface area contributed by atoms with Gasteiger partial charge in [0.25, 0.3) is 11.6 Å². The molecule has 8 nitrogen and oxygen atoms in total. The summed E-state index contributed by atoms with van der Waals surface area (Å²) in [5.41, 5.74) is 0.671. The van der Waals surface area contributed by atoms with Crippen molar-refractivity contribution in [1.82, 2.24) is 5.32 Å². The van der Waals surface area contributed by atoms with Gasteiger partial charge in [0, 0.05) is 32.3 Å². The molecule has 1 aromatic carbocycles. The number of nitrogens with zero attached hydrogens (tertiary/aromatic N) is 2. The van der Waals surface area contributed by atoms with E-state index >= 15 is 0 Å². The van der Waals surface area contributed by atoms with Crippen LogP contribution in [0.2, 0.25) is 0 Å². The van der Waals surface area contributed by atoms with Crippen molar-refractivity contribution in [3.63, 3.8) is 0 Å². The van der Waals surface area contributed by atoms with Gasteiger partial charge in [0.05, 0.1) is 29.2 Å². The lowest BCUT2D eigenvalue weighted by molar-refractivity contribution is -0.384. The van der Waals surface area contributed by atoms with Gasteiger partial charge in [-0.05, 0) is 18.9 Å². The summed E-state index contributed by atoms with van der Waals surface area (Å²) in [6.45, 7) is 1.10. The van der Waals surface area contributed by atoms with Crippen molar-refractivity contribution in [1.29, 1.82) is 0 Å². The molecule has 1 amide bonds. The molecule has 0 saturated carbocycles. The van der Waals surface area contributed by atoms with E-state index < -0.39 is 10.8 Å². The largest absolute Gasteiger partial charge is 0.469 e. The number of non-ortho nitro benzene ring substituents is 1. The van der Waals surface area contributed by atoms with Gasteiger partial charge in [-0.15, -0.1) is 0 Å². The molecule has 2 rings (SSSR count). The first-order chi connectivity index (χ1) is 11.0. The fraction of sp³-hybridized carbons (Fsp3) is 0.467. The van der Waals surface area contributed by atoms with Crippen molar-refractivity contribution < 1.29 is 19.2 Å². The van der Waals surface area contributed by atoms with Gasteiger partial charge < -0.3 is 15.0 Å². The molecule has 124 valence electrons. The summed E-state index contributed by atoms with van der Waals surface area (Å²) in [5.74, 6) is -0.941. The average Bonchev–Trinajstić information content (AvgIpc) is 2.59. The van der Waals surface area contributed by atoms with Crippen LogP contribution in [-0.4, -0.2) is 44.0 Å². The van der Waals surface area contributed by atoms with Gasteiger partial charge in [-0.1, -0.05) is 0 Å². The van der Waals surface area contributed by atoms with Gasteiger partial charge in [0.15, 0.2) is 0 Å². The molecule has 0 spiro atoms. The number of nitrogens with one attached hydrogen (secondary N) is 1. The predicted octanol–water partition coefficient (Wildman–Crippen LogP) is 1.34. The van der Waals surface area contributed by atoms with Crippen LogP contribution in [0.1, 0.15) is 23.2 Å². The number of methoxy groups -OCH3 is 1. The molecule has 1 N–H and O–H groups in total. The number of nitro groups is 1. The Balaban J connectivity index is 2.35. The lowest BCUT2D eigenvalue weighted by atomic mass is 9.96. The number of carbonyl (C=O) groups is 2. The van der Waals surface area contributed by atoms with Crippen LogP contribution in [0.4, 0.5) is 11.4 Å². The van der Waals surface area contributed by atoms with Crippen LogP contribution in [0.5, 0.6) is 0 Å². The van der Waals surface area contributed by atoms with E-state index in [2.05, 4.69) is 5.32 Å². The van der Waals surface area contributed by atoms with Gasteiger partial charge in [0.1, 0.15) is 0 Å². The first-order valence-corrected chi connectivity index (χ1v) is 7.31. The van der Waals surface area contributed by atoms with Crippen LogP contribution >= 0.6 is 0 Å². The van der Waals surface area contributed by atoms with Gasteiger partial charge in [-0.3, -0.25) is 19.7 Å². The highest BCUT2D eigenvalue weighted by molar-refractivity contribution is 6.00. The summed E-state index contributed by atoms with van der Waals surface area (Å²) in [6, 6.07) is 4.18. The molecular formula is C15H19N3O5. The fourth-order valence-electron chi connectivity index (χ4n) is 2.78. The molecule has 1 aromatic rings. The summed E-state index contributed by atoms with van der Waals surface area (Å²) < 4.78 is 4.79. The number of carbonyl (C=O) groups excluding carboxylic acids is 2. The van der Waals surface area contributed by atoms with Crippen molar-refractivity contribution in [2.45, 2.75) is 12.8 Å². The Hall–Kier alpha value is -2.64. The predicted molar refractivity (Wildman–Crippen MR) is 83.4 cm³/mol. The molecule has 1 aliphatic rings. The van der Waals surface area contributed by atoms with Crippen LogP contribution in [0.3, 0.4) is 0 Å². The van der Waals surface area contributed by atoms with Gasteiger partial charge in [0.2, 0.25) is 0 Å². The average molecular weight is 321 g/mol. The van der Waals surface area contributed by atoms with Gasteiger partial charge >= 0.3 is 5.97 Å². The first-order valence-electron chi connectivity index (χ1n) is 7.31. The van der Waals surface area contributed by atoms with Crippen LogP contribution in [-0.2, 0) is 9.53 Å². The number of rotatable bonds is 4. The zero-order chi connectivity index (χ0) is 17.0. The summed E-state index contributed by atoms with van der Waals surface area (Å²) in [7, 11) is 2.82. The number of anilines is 1. The third kappa shape index (κ3) is 3.58. The number of amides is 1. The zero-order valence-corrected chi connectivity index (χ0v) is 13.1. The fourth-order valence-corrected chi connectivity index (χ4v) is 2.78. The van der Waals surface area contributed by atoms with Crippen molar-refractivity contribution in [2.24, 2.45) is 5.92 Å². The third-order valence-electron chi connectivity index (χ3n) is 3.96. The van der Waals surface area contributed by atoms with E-state index in [1.807, 2.05) is 4.90 Å². The lowest BCUT2D eigenvalue weighted by Crippen LogP contribution is -2.40. The number of esters is 1. The molecular weight excluding hydrogens is 302 g/mol. The number of nitro benzene ring substituents is 1. The van der Waals surface area contributed by atoms with Crippen LogP contribution in [0.15, 0.2) is 18.2 Å². The molecule has 1 fully saturated rings. The van der Waals surface area contributed by atoms with Crippen molar-refractivity contribution in [3.05, 3.63) is 33.9 Å². The van der Waals surface area contributed by atoms with Crippen molar-refractivity contribution in [3.8, 4) is 0 Å². The van der Waals surface area contributed by atoms with Crippen LogP contribution in [0.25, 0.3) is 0 Å². The molecule has 0 radical (unpaired) electrons. The second-order valence-electron chi connectivity index (χ2n) is 5.35. The molecule has 1 saturated heterocycles. The van der Waals surface area contributed by atoms with Gasteiger partial charge in [-0.2, -0.15) is 0 Å². The Morgan fingerprint density at radius 1 is 1.43 bits per heavy atom. The van der Waals surface area contributed by atoms with E-state index in [-0.39, 0.29) is 23.1 Å². The Labute approximate surface area is 133 Å². The van der Waals surface area contributed by atoms with E-state index in [0.717, 1.165) is 12.8 Å². The highest BCUT2D eigenvalue weighted by atomic mass is 16.6. The monoisotopic (exact) mass is 321 g/mol. The van der Waals surface area contributed by atoms with Crippen LogP contribution in [0, 0.1) is 16.0 Å². The first kappa shape index (κ1) is 16.7. The number of ether oxygens (including phenoxy) is 1. The third-order valence-corrected chi connectivity index (χ3v) is 3.96. The van der Waals surface area contributed by atoms with E-state index in [9.17, 15) is 19.7 Å². The lowest BCUT2D eigenvalue weighted by Gasteiger charge is -2.34. The maximum Gasteiger partial charge on any atom is 0.310 e. The Morgan fingerprint density at radius 2 is 2.17 bits per heavy atom. The highest BCUT2D eigenvalue weighted by Gasteiger charge is 2.29. The molecule has 0 aliphatic carbocycles. The quantitative estimate of drug-likeness (QED) is 0.510. The molecule has 23 heavy (non-hydrogen) atoms. The zero-order valence-electron chi connectivity index (χ0n) is 13.1. The summed E-state index contributed by atoms with van der Waals surface area (Å²) in [4.78, 5) is 36.1. The molecule has 1 atom stereocenters. The number of piperidine rings is 1. The Kier molecular flexibility index (Phi) is 5.15. The van der Waals surface area contributed by atoms with Crippen molar-refractivity contribution in [2.75, 3.05) is 32.1 Å². The standard InChI is InChI=1S/C15H19N3O5/c1-16-14(19)12-8-11(18(21)22)5-6-13(12)17-7-3-4-10(9-17)15(20)23-2/h5-6,8,10H,3-4,7,9H2,1-2H3,(H,16,19)/t10-/m1/s1. The Bertz CT molecular complexity index is 632. The minimum absolute atomic E-state index is 0.145. The summed E-state index contributed by atoms with van der Waals surface area (Å²) in [6.07, 6.45) is 1.51. The van der Waals surface area contributed by atoms with Crippen LogP contribution < -0.4 is 10.2 Å². The van der Waals surface area contributed by atoms with E-state index in [0.29, 0.717) is 18.8 Å². The molecule has 1 aliphatic heterocycles. The molecule has 0 unspecified atom stereocenters. The van der Waals surface area contributed by atoms with Gasteiger partial charge in [-0.25, -0.2) is 0 Å². The normalized spacial score (nSPS) is 17.5. The summed E-state index contributed by atoms with van der Waals surface area (Å²) >= 11 is 0. The topological polar surface area (TPSA) is 102 Å². The Morgan fingerprint density at radius 3 is 2.78 bits per heavy atom. The molecule has 0 bridgehead atoms. The van der Waals surface area contributed by atoms with E-state index in [1.54, 1.807) is 6.07 Å². The SMILES string of the molecule is CNC(=O)c1cc([N+](=O)[O-])ccc1N1CCC[C@@H](C(=O)OC)C1. The van der Waals surface area contributed by atoms with E-state index in [1.165, 1.54) is 26.3 Å².